The van der Waals surface area contributed by atoms with Crippen LogP contribution in [-0.2, 0) is 20.3 Å². The summed E-state index contributed by atoms with van der Waals surface area (Å²) in [6, 6.07) is 0.436. The summed E-state index contributed by atoms with van der Waals surface area (Å²) in [6.45, 7) is 7.14. The Labute approximate surface area is 94.2 Å². The fraction of sp³-hybridized carbons (Fsp3) is 1.00. The number of hydrogen-bond acceptors (Lipinski definition) is 4. The molecule has 5 heteroatoms. The van der Waals surface area contributed by atoms with Crippen molar-refractivity contribution in [2.24, 2.45) is 0 Å². The van der Waals surface area contributed by atoms with Crippen molar-refractivity contribution < 1.29 is 13.7 Å². The molecule has 1 saturated heterocycles. The van der Waals surface area contributed by atoms with Crippen LogP contribution >= 0.6 is 0 Å². The second-order valence-corrected chi connectivity index (χ2v) is 6.01. The number of nitrogens with one attached hydrogen (secondary N) is 1. The van der Waals surface area contributed by atoms with Gasteiger partial charge in [-0.15, -0.1) is 0 Å². The van der Waals surface area contributed by atoms with Crippen molar-refractivity contribution in [2.45, 2.75) is 38.6 Å². The van der Waals surface area contributed by atoms with E-state index in [9.17, 15) is 4.21 Å². The van der Waals surface area contributed by atoms with Gasteiger partial charge in [0, 0.05) is 28.9 Å². The molecule has 2 atom stereocenters. The first kappa shape index (κ1) is 13.1. The fourth-order valence-corrected chi connectivity index (χ4v) is 2.39. The van der Waals surface area contributed by atoms with Crippen LogP contribution in [0.15, 0.2) is 0 Å². The molecule has 0 aromatic heterocycles. The Hall–Kier alpha value is 0.0300. The Bertz CT molecular complexity index is 223. The summed E-state index contributed by atoms with van der Waals surface area (Å²) in [5.74, 6) is 0.203. The molecule has 0 amide bonds. The molecule has 1 aliphatic rings. The maximum Gasteiger partial charge on any atom is 0.162 e. The SMILES string of the molecule is CC(CS(C)=O)NC1COC(C)(C)OC1. The van der Waals surface area contributed by atoms with Gasteiger partial charge in [-0.05, 0) is 20.8 Å². The lowest BCUT2D eigenvalue weighted by atomic mass is 10.2. The van der Waals surface area contributed by atoms with Crippen molar-refractivity contribution in [2.75, 3.05) is 25.2 Å². The van der Waals surface area contributed by atoms with E-state index < -0.39 is 16.6 Å². The summed E-state index contributed by atoms with van der Waals surface area (Å²) in [5.41, 5.74) is 0. The Morgan fingerprint density at radius 2 is 2.00 bits per heavy atom. The predicted molar refractivity (Wildman–Crippen MR) is 61.3 cm³/mol. The van der Waals surface area contributed by atoms with Crippen molar-refractivity contribution in [3.63, 3.8) is 0 Å². The van der Waals surface area contributed by atoms with E-state index in [0.717, 1.165) is 0 Å². The smallest absolute Gasteiger partial charge is 0.162 e. The molecule has 0 aromatic carbocycles. The van der Waals surface area contributed by atoms with Crippen LogP contribution in [0.3, 0.4) is 0 Å². The first-order chi connectivity index (χ1) is 6.89. The van der Waals surface area contributed by atoms with Gasteiger partial charge in [0.05, 0.1) is 19.3 Å². The minimum Gasteiger partial charge on any atom is -0.349 e. The van der Waals surface area contributed by atoms with E-state index >= 15 is 0 Å². The number of ether oxygens (including phenoxy) is 2. The van der Waals surface area contributed by atoms with Gasteiger partial charge in [-0.3, -0.25) is 4.21 Å². The average Bonchev–Trinajstić information content (AvgIpc) is 2.07. The standard InChI is InChI=1S/C10H21NO3S/c1-8(7-15(4)12)11-9-5-13-10(2,3)14-6-9/h8-9,11H,5-7H2,1-4H3. The monoisotopic (exact) mass is 235 g/mol. The van der Waals surface area contributed by atoms with E-state index in [-0.39, 0.29) is 12.1 Å². The van der Waals surface area contributed by atoms with Gasteiger partial charge < -0.3 is 14.8 Å². The highest BCUT2D eigenvalue weighted by Gasteiger charge is 2.28. The van der Waals surface area contributed by atoms with Crippen molar-refractivity contribution in [1.29, 1.82) is 0 Å². The topological polar surface area (TPSA) is 47.6 Å². The molecule has 0 bridgehead atoms. The van der Waals surface area contributed by atoms with Crippen LogP contribution in [0, 0.1) is 0 Å². The molecule has 2 unspecified atom stereocenters. The zero-order valence-electron chi connectivity index (χ0n) is 9.91. The van der Waals surface area contributed by atoms with Crippen LogP contribution in [-0.4, -0.2) is 47.3 Å². The van der Waals surface area contributed by atoms with Gasteiger partial charge in [0.2, 0.25) is 0 Å². The van der Waals surface area contributed by atoms with E-state index in [1.165, 1.54) is 0 Å². The second kappa shape index (κ2) is 5.39. The van der Waals surface area contributed by atoms with Gasteiger partial charge in [0.25, 0.3) is 0 Å². The van der Waals surface area contributed by atoms with Gasteiger partial charge >= 0.3 is 0 Å². The fourth-order valence-electron chi connectivity index (χ4n) is 1.59. The first-order valence-electron chi connectivity index (χ1n) is 5.23. The molecule has 1 fully saturated rings. The molecule has 1 aliphatic heterocycles. The molecule has 90 valence electrons. The molecule has 0 saturated carbocycles. The zero-order valence-corrected chi connectivity index (χ0v) is 10.7. The summed E-state index contributed by atoms with van der Waals surface area (Å²) in [5, 5.41) is 3.34. The summed E-state index contributed by atoms with van der Waals surface area (Å²) in [7, 11) is -0.759. The molecule has 0 aliphatic carbocycles. The predicted octanol–water partition coefficient (Wildman–Crippen LogP) is 0.494. The van der Waals surface area contributed by atoms with E-state index in [1.54, 1.807) is 6.26 Å². The van der Waals surface area contributed by atoms with Crippen molar-refractivity contribution in [3.05, 3.63) is 0 Å². The summed E-state index contributed by atoms with van der Waals surface area (Å²) in [6.07, 6.45) is 1.72. The number of rotatable bonds is 4. The molecule has 0 aromatic rings. The third kappa shape index (κ3) is 5.06. The third-order valence-corrected chi connectivity index (χ3v) is 3.24. The Kier molecular flexibility index (Phi) is 4.70. The molecular weight excluding hydrogens is 214 g/mol. The molecule has 0 spiro atoms. The largest absolute Gasteiger partial charge is 0.349 e. The van der Waals surface area contributed by atoms with Crippen LogP contribution in [0.4, 0.5) is 0 Å². The average molecular weight is 235 g/mol. The highest BCUT2D eigenvalue weighted by atomic mass is 32.2. The maximum absolute atomic E-state index is 11.0. The molecule has 15 heavy (non-hydrogen) atoms. The zero-order chi connectivity index (χ0) is 11.5. The third-order valence-electron chi connectivity index (χ3n) is 2.27. The van der Waals surface area contributed by atoms with Crippen molar-refractivity contribution >= 4 is 10.8 Å². The highest BCUT2D eigenvalue weighted by molar-refractivity contribution is 7.84. The van der Waals surface area contributed by atoms with E-state index in [4.69, 9.17) is 9.47 Å². The van der Waals surface area contributed by atoms with Crippen LogP contribution in [0.2, 0.25) is 0 Å². The van der Waals surface area contributed by atoms with E-state index in [2.05, 4.69) is 5.32 Å². The van der Waals surface area contributed by atoms with E-state index in [1.807, 2.05) is 20.8 Å². The Balaban J connectivity index is 2.26. The van der Waals surface area contributed by atoms with Gasteiger partial charge in [-0.1, -0.05) is 0 Å². The minimum atomic E-state index is -0.759. The van der Waals surface area contributed by atoms with Gasteiger partial charge in [0.15, 0.2) is 5.79 Å². The Morgan fingerprint density at radius 1 is 1.47 bits per heavy atom. The normalized spacial score (nSPS) is 26.1. The molecule has 1 rings (SSSR count). The summed E-state index contributed by atoms with van der Waals surface area (Å²) < 4.78 is 22.1. The van der Waals surface area contributed by atoms with Crippen LogP contribution in [0.1, 0.15) is 20.8 Å². The van der Waals surface area contributed by atoms with Crippen molar-refractivity contribution in [3.8, 4) is 0 Å². The van der Waals surface area contributed by atoms with Crippen molar-refractivity contribution in [1.82, 2.24) is 5.32 Å². The quantitative estimate of drug-likeness (QED) is 0.770. The van der Waals surface area contributed by atoms with Crippen LogP contribution in [0.5, 0.6) is 0 Å². The molecule has 4 nitrogen and oxygen atoms in total. The number of hydrogen-bond donors (Lipinski definition) is 1. The second-order valence-electron chi connectivity index (χ2n) is 4.53. The van der Waals surface area contributed by atoms with Crippen LogP contribution < -0.4 is 5.32 Å². The van der Waals surface area contributed by atoms with Gasteiger partial charge in [-0.25, -0.2) is 0 Å². The summed E-state index contributed by atoms with van der Waals surface area (Å²) >= 11 is 0. The lowest BCUT2D eigenvalue weighted by Crippen LogP contribution is -2.51. The molecule has 0 radical (unpaired) electrons. The van der Waals surface area contributed by atoms with E-state index in [0.29, 0.717) is 19.0 Å². The maximum atomic E-state index is 11.0. The van der Waals surface area contributed by atoms with Crippen LogP contribution in [0.25, 0.3) is 0 Å². The molecule has 1 N–H and O–H groups in total. The first-order valence-corrected chi connectivity index (χ1v) is 6.96. The van der Waals surface area contributed by atoms with Gasteiger partial charge in [0.1, 0.15) is 0 Å². The van der Waals surface area contributed by atoms with Gasteiger partial charge in [-0.2, -0.15) is 0 Å². The highest BCUT2D eigenvalue weighted by Crippen LogP contribution is 2.17. The minimum absolute atomic E-state index is 0.205. The summed E-state index contributed by atoms with van der Waals surface area (Å²) in [4.78, 5) is 0. The molecular formula is C10H21NO3S. The lowest BCUT2D eigenvalue weighted by molar-refractivity contribution is -0.253. The Morgan fingerprint density at radius 3 is 2.47 bits per heavy atom. The lowest BCUT2D eigenvalue weighted by Gasteiger charge is -2.36. The molecule has 1 heterocycles.